The van der Waals surface area contributed by atoms with Crippen molar-refractivity contribution in [3.05, 3.63) is 65.0 Å². The number of benzene rings is 2. The lowest BCUT2D eigenvalue weighted by molar-refractivity contribution is 0.0937. The molecular weight excluding hydrogens is 269 g/mol. The summed E-state index contributed by atoms with van der Waals surface area (Å²) in [5.41, 5.74) is 1.87. The molecule has 1 amide bonds. The van der Waals surface area contributed by atoms with Gasteiger partial charge < -0.3 is 10.4 Å². The molecule has 110 valence electrons. The average Bonchev–Trinajstić information content (AvgIpc) is 2.44. The van der Waals surface area contributed by atoms with Gasteiger partial charge in [-0.15, -0.1) is 0 Å². The molecule has 0 heterocycles. The van der Waals surface area contributed by atoms with E-state index in [1.165, 1.54) is 12.1 Å². The van der Waals surface area contributed by atoms with E-state index >= 15 is 0 Å². The number of hydrogen-bond acceptors (Lipinski definition) is 2. The fourth-order valence-electron chi connectivity index (χ4n) is 2.17. The van der Waals surface area contributed by atoms with Crippen molar-refractivity contribution in [3.8, 4) is 5.75 Å². The van der Waals surface area contributed by atoms with Gasteiger partial charge in [0.05, 0.1) is 5.56 Å². The zero-order valence-corrected chi connectivity index (χ0v) is 12.1. The van der Waals surface area contributed by atoms with Crippen LogP contribution in [0.3, 0.4) is 0 Å². The molecule has 0 aliphatic carbocycles. The Balaban J connectivity index is 2.02. The third kappa shape index (κ3) is 3.81. The predicted molar refractivity (Wildman–Crippen MR) is 79.9 cm³/mol. The zero-order chi connectivity index (χ0) is 15.4. The van der Waals surface area contributed by atoms with Crippen molar-refractivity contribution in [3.63, 3.8) is 0 Å². The molecule has 21 heavy (non-hydrogen) atoms. The normalized spacial score (nSPS) is 12.0. The number of carbonyl (C=O) groups excluding carboxylic acids is 1. The SMILES string of the molecule is Cc1cccc(C(=O)NC(C)Cc2ccc(F)cc2)c1O. The van der Waals surface area contributed by atoms with Gasteiger partial charge in [0.2, 0.25) is 0 Å². The van der Waals surface area contributed by atoms with Crippen molar-refractivity contribution < 1.29 is 14.3 Å². The highest BCUT2D eigenvalue weighted by Crippen LogP contribution is 2.21. The fourth-order valence-corrected chi connectivity index (χ4v) is 2.17. The molecule has 0 saturated carbocycles. The highest BCUT2D eigenvalue weighted by Gasteiger charge is 2.15. The molecule has 0 spiro atoms. The Morgan fingerprint density at radius 1 is 1.24 bits per heavy atom. The minimum Gasteiger partial charge on any atom is -0.507 e. The van der Waals surface area contributed by atoms with E-state index in [1.54, 1.807) is 37.3 Å². The molecule has 0 aliphatic heterocycles. The second kappa shape index (κ2) is 6.39. The summed E-state index contributed by atoms with van der Waals surface area (Å²) in [6.07, 6.45) is 0.596. The van der Waals surface area contributed by atoms with Crippen LogP contribution in [0.25, 0.3) is 0 Å². The first-order valence-electron chi connectivity index (χ1n) is 6.81. The van der Waals surface area contributed by atoms with E-state index < -0.39 is 0 Å². The Morgan fingerprint density at radius 3 is 2.57 bits per heavy atom. The minimum atomic E-state index is -0.314. The van der Waals surface area contributed by atoms with Crippen LogP contribution in [0.1, 0.15) is 28.4 Å². The molecule has 1 unspecified atom stereocenters. The van der Waals surface area contributed by atoms with Gasteiger partial charge in [0, 0.05) is 6.04 Å². The number of phenolic OH excluding ortho intramolecular Hbond substituents is 1. The third-order valence-corrected chi connectivity index (χ3v) is 3.32. The van der Waals surface area contributed by atoms with Gasteiger partial charge in [0.15, 0.2) is 0 Å². The molecule has 0 saturated heterocycles. The summed E-state index contributed by atoms with van der Waals surface area (Å²) in [5.74, 6) is -0.588. The fraction of sp³-hybridized carbons (Fsp3) is 0.235. The Morgan fingerprint density at radius 2 is 1.90 bits per heavy atom. The first kappa shape index (κ1) is 15.0. The van der Waals surface area contributed by atoms with Crippen molar-refractivity contribution in [2.24, 2.45) is 0 Å². The number of halogens is 1. The van der Waals surface area contributed by atoms with E-state index in [4.69, 9.17) is 0 Å². The van der Waals surface area contributed by atoms with E-state index in [-0.39, 0.29) is 29.1 Å². The van der Waals surface area contributed by atoms with Gasteiger partial charge in [0.1, 0.15) is 11.6 Å². The highest BCUT2D eigenvalue weighted by atomic mass is 19.1. The van der Waals surface area contributed by atoms with Crippen LogP contribution in [0.4, 0.5) is 4.39 Å². The topological polar surface area (TPSA) is 49.3 Å². The average molecular weight is 287 g/mol. The van der Waals surface area contributed by atoms with Crippen molar-refractivity contribution in [1.29, 1.82) is 0 Å². The van der Waals surface area contributed by atoms with Crippen LogP contribution in [0.15, 0.2) is 42.5 Å². The molecule has 0 aromatic heterocycles. The maximum atomic E-state index is 12.8. The lowest BCUT2D eigenvalue weighted by Crippen LogP contribution is -2.34. The van der Waals surface area contributed by atoms with Crippen LogP contribution in [-0.2, 0) is 6.42 Å². The Labute approximate surface area is 123 Å². The zero-order valence-electron chi connectivity index (χ0n) is 12.1. The smallest absolute Gasteiger partial charge is 0.255 e. The third-order valence-electron chi connectivity index (χ3n) is 3.32. The molecule has 0 aliphatic rings. The van der Waals surface area contributed by atoms with Crippen molar-refractivity contribution in [1.82, 2.24) is 5.32 Å². The number of aromatic hydroxyl groups is 1. The first-order valence-corrected chi connectivity index (χ1v) is 6.81. The van der Waals surface area contributed by atoms with Gasteiger partial charge in [0.25, 0.3) is 5.91 Å². The maximum absolute atomic E-state index is 12.8. The van der Waals surface area contributed by atoms with E-state index in [0.717, 1.165) is 5.56 Å². The quantitative estimate of drug-likeness (QED) is 0.907. The van der Waals surface area contributed by atoms with Gasteiger partial charge in [-0.25, -0.2) is 4.39 Å². The summed E-state index contributed by atoms with van der Waals surface area (Å²) in [4.78, 5) is 12.1. The maximum Gasteiger partial charge on any atom is 0.255 e. The van der Waals surface area contributed by atoms with E-state index in [9.17, 15) is 14.3 Å². The van der Waals surface area contributed by atoms with Gasteiger partial charge in [-0.1, -0.05) is 24.3 Å². The molecule has 1 atom stereocenters. The summed E-state index contributed by atoms with van der Waals surface area (Å²) >= 11 is 0. The number of rotatable bonds is 4. The van der Waals surface area contributed by atoms with Gasteiger partial charge >= 0.3 is 0 Å². The standard InChI is InChI=1S/C17H18FNO2/c1-11-4-3-5-15(16(11)20)17(21)19-12(2)10-13-6-8-14(18)9-7-13/h3-9,12,20H,10H2,1-2H3,(H,19,21). The molecule has 2 rings (SSSR count). The van der Waals surface area contributed by atoms with Crippen LogP contribution < -0.4 is 5.32 Å². The summed E-state index contributed by atoms with van der Waals surface area (Å²) in [5, 5.41) is 12.7. The number of amides is 1. The van der Waals surface area contributed by atoms with Crippen LogP contribution >= 0.6 is 0 Å². The predicted octanol–water partition coefficient (Wildman–Crippen LogP) is 3.20. The summed E-state index contributed by atoms with van der Waals surface area (Å²) in [6, 6.07) is 11.1. The number of aryl methyl sites for hydroxylation is 1. The van der Waals surface area contributed by atoms with E-state index in [2.05, 4.69) is 5.32 Å². The van der Waals surface area contributed by atoms with Crippen molar-refractivity contribution in [2.45, 2.75) is 26.3 Å². The monoisotopic (exact) mass is 287 g/mol. The largest absolute Gasteiger partial charge is 0.507 e. The first-order chi connectivity index (χ1) is 9.97. The molecular formula is C17H18FNO2. The van der Waals surface area contributed by atoms with Gasteiger partial charge in [-0.2, -0.15) is 0 Å². The Hall–Kier alpha value is -2.36. The summed E-state index contributed by atoms with van der Waals surface area (Å²) in [6.45, 7) is 3.61. The van der Waals surface area contributed by atoms with Gasteiger partial charge in [-0.3, -0.25) is 4.79 Å². The molecule has 4 heteroatoms. The molecule has 2 aromatic carbocycles. The molecule has 2 aromatic rings. The summed E-state index contributed by atoms with van der Waals surface area (Å²) < 4.78 is 12.8. The number of para-hydroxylation sites is 1. The Bertz CT molecular complexity index is 638. The molecule has 0 fully saturated rings. The number of nitrogens with one attached hydrogen (secondary N) is 1. The number of phenols is 1. The molecule has 0 bridgehead atoms. The second-order valence-corrected chi connectivity index (χ2v) is 5.18. The second-order valence-electron chi connectivity index (χ2n) is 5.18. The molecule has 0 radical (unpaired) electrons. The highest BCUT2D eigenvalue weighted by molar-refractivity contribution is 5.97. The van der Waals surface area contributed by atoms with Crippen LogP contribution in [0, 0.1) is 12.7 Å². The van der Waals surface area contributed by atoms with Crippen molar-refractivity contribution in [2.75, 3.05) is 0 Å². The summed E-state index contributed by atoms with van der Waals surface area (Å²) in [7, 11) is 0. The minimum absolute atomic E-state index is 0.00369. The van der Waals surface area contributed by atoms with Crippen LogP contribution in [0.5, 0.6) is 5.75 Å². The van der Waals surface area contributed by atoms with E-state index in [0.29, 0.717) is 12.0 Å². The Kier molecular flexibility index (Phi) is 4.58. The number of hydrogen-bond donors (Lipinski definition) is 2. The molecule has 3 nitrogen and oxygen atoms in total. The van der Waals surface area contributed by atoms with Crippen LogP contribution in [0.2, 0.25) is 0 Å². The number of carbonyl (C=O) groups is 1. The van der Waals surface area contributed by atoms with E-state index in [1.807, 2.05) is 6.92 Å². The lowest BCUT2D eigenvalue weighted by Gasteiger charge is -2.15. The lowest BCUT2D eigenvalue weighted by atomic mass is 10.1. The molecule has 2 N–H and O–H groups in total. The van der Waals surface area contributed by atoms with Crippen LogP contribution in [-0.4, -0.2) is 17.1 Å². The van der Waals surface area contributed by atoms with Gasteiger partial charge in [-0.05, 0) is 49.6 Å². The van der Waals surface area contributed by atoms with Crippen molar-refractivity contribution >= 4 is 5.91 Å².